The first kappa shape index (κ1) is 11.2. The van der Waals surface area contributed by atoms with E-state index in [4.69, 9.17) is 0 Å². The van der Waals surface area contributed by atoms with Gasteiger partial charge in [0.2, 0.25) is 0 Å². The highest BCUT2D eigenvalue weighted by atomic mass is 16.3. The summed E-state index contributed by atoms with van der Waals surface area (Å²) >= 11 is 0. The lowest BCUT2D eigenvalue weighted by atomic mass is 9.88. The number of hydrogen-bond acceptors (Lipinski definition) is 3. The summed E-state index contributed by atoms with van der Waals surface area (Å²) < 4.78 is 2.10. The van der Waals surface area contributed by atoms with Crippen LogP contribution in [-0.4, -0.2) is 14.7 Å². The molecule has 1 aromatic heterocycles. The van der Waals surface area contributed by atoms with Gasteiger partial charge in [-0.2, -0.15) is 5.26 Å². The van der Waals surface area contributed by atoms with Gasteiger partial charge in [0.1, 0.15) is 12.4 Å². The van der Waals surface area contributed by atoms with Gasteiger partial charge in [0.05, 0.1) is 22.7 Å². The van der Waals surface area contributed by atoms with Crippen LogP contribution in [0.1, 0.15) is 41.8 Å². The van der Waals surface area contributed by atoms with Crippen molar-refractivity contribution < 1.29 is 5.11 Å². The van der Waals surface area contributed by atoms with E-state index in [9.17, 15) is 10.4 Å². The van der Waals surface area contributed by atoms with Gasteiger partial charge < -0.3 is 9.67 Å². The number of aliphatic hydroxyl groups excluding tert-OH is 1. The second-order valence-corrected chi connectivity index (χ2v) is 4.97. The Balaban J connectivity index is 2.47. The minimum Gasteiger partial charge on any atom is -0.388 e. The number of aromatic nitrogens is 2. The highest BCUT2D eigenvalue weighted by molar-refractivity contribution is 5.84. The van der Waals surface area contributed by atoms with Crippen LogP contribution >= 0.6 is 0 Å². The highest BCUT2D eigenvalue weighted by Gasteiger charge is 2.25. The molecule has 92 valence electrons. The molecule has 3 rings (SSSR count). The maximum absolute atomic E-state index is 9.38. The molecule has 2 heterocycles. The Bertz CT molecular complexity index is 679. The summed E-state index contributed by atoms with van der Waals surface area (Å²) in [6, 6.07) is 4.08. The molecule has 0 bridgehead atoms. The van der Waals surface area contributed by atoms with Gasteiger partial charge in [0.15, 0.2) is 0 Å². The summed E-state index contributed by atoms with van der Waals surface area (Å²) in [4.78, 5) is 4.45. The van der Waals surface area contributed by atoms with Crippen molar-refractivity contribution in [3.05, 3.63) is 28.6 Å². The van der Waals surface area contributed by atoms with Crippen LogP contribution in [0.25, 0.3) is 11.0 Å². The number of benzene rings is 1. The van der Waals surface area contributed by atoms with E-state index in [-0.39, 0.29) is 6.61 Å². The average Bonchev–Trinajstić information content (AvgIpc) is 2.73. The largest absolute Gasteiger partial charge is 0.388 e. The quantitative estimate of drug-likeness (QED) is 0.832. The molecular formula is C14H15N3O. The summed E-state index contributed by atoms with van der Waals surface area (Å²) in [5.74, 6) is 1.14. The van der Waals surface area contributed by atoms with E-state index in [0.717, 1.165) is 29.6 Å². The first-order chi connectivity index (χ1) is 8.67. The van der Waals surface area contributed by atoms with Crippen molar-refractivity contribution in [3.63, 3.8) is 0 Å². The van der Waals surface area contributed by atoms with Crippen LogP contribution in [0.4, 0.5) is 0 Å². The van der Waals surface area contributed by atoms with E-state index in [0.29, 0.717) is 17.3 Å². The van der Waals surface area contributed by atoms with E-state index in [1.165, 1.54) is 5.56 Å². The maximum atomic E-state index is 9.38. The number of aryl methyl sites for hydroxylation is 1. The van der Waals surface area contributed by atoms with E-state index in [2.05, 4.69) is 22.5 Å². The van der Waals surface area contributed by atoms with E-state index in [1.54, 1.807) is 0 Å². The van der Waals surface area contributed by atoms with E-state index in [1.807, 2.05) is 13.0 Å². The number of aliphatic hydroxyl groups is 1. The van der Waals surface area contributed by atoms with Gasteiger partial charge >= 0.3 is 0 Å². The zero-order valence-corrected chi connectivity index (χ0v) is 10.6. The number of nitriles is 1. The molecule has 0 fully saturated rings. The second-order valence-electron chi connectivity index (χ2n) is 4.97. The van der Waals surface area contributed by atoms with Crippen molar-refractivity contribution in [1.82, 2.24) is 9.55 Å². The zero-order chi connectivity index (χ0) is 12.9. The first-order valence-electron chi connectivity index (χ1n) is 6.21. The molecule has 18 heavy (non-hydrogen) atoms. The Morgan fingerprint density at radius 3 is 3.06 bits per heavy atom. The topological polar surface area (TPSA) is 61.8 Å². The van der Waals surface area contributed by atoms with Crippen LogP contribution in [0.15, 0.2) is 6.07 Å². The summed E-state index contributed by atoms with van der Waals surface area (Å²) in [6.45, 7) is 5.04. The van der Waals surface area contributed by atoms with Gasteiger partial charge in [0.25, 0.3) is 0 Å². The molecule has 0 aliphatic carbocycles. The Labute approximate surface area is 105 Å². The Morgan fingerprint density at radius 1 is 1.61 bits per heavy atom. The Morgan fingerprint density at radius 2 is 2.39 bits per heavy atom. The molecular weight excluding hydrogens is 226 g/mol. The maximum Gasteiger partial charge on any atom is 0.135 e. The average molecular weight is 241 g/mol. The van der Waals surface area contributed by atoms with Crippen LogP contribution in [0.2, 0.25) is 0 Å². The zero-order valence-electron chi connectivity index (χ0n) is 10.6. The number of rotatable bonds is 1. The fourth-order valence-electron chi connectivity index (χ4n) is 3.02. The minimum absolute atomic E-state index is 0.0521. The van der Waals surface area contributed by atoms with Crippen LogP contribution in [0, 0.1) is 18.3 Å². The van der Waals surface area contributed by atoms with Crippen molar-refractivity contribution >= 4 is 11.0 Å². The molecule has 0 radical (unpaired) electrons. The third-order valence-electron chi connectivity index (χ3n) is 3.96. The fraction of sp³-hybridized carbons (Fsp3) is 0.429. The lowest BCUT2D eigenvalue weighted by Gasteiger charge is -2.24. The van der Waals surface area contributed by atoms with Gasteiger partial charge in [-0.05, 0) is 36.5 Å². The predicted octanol–water partition coefficient (Wildman–Crippen LogP) is 2.22. The molecule has 1 N–H and O–H groups in total. The lowest BCUT2D eigenvalue weighted by Crippen LogP contribution is -2.15. The normalized spacial score (nSPS) is 18.0. The van der Waals surface area contributed by atoms with Crippen LogP contribution in [-0.2, 0) is 13.2 Å². The van der Waals surface area contributed by atoms with Crippen molar-refractivity contribution in [1.29, 1.82) is 5.26 Å². The Kier molecular flexibility index (Phi) is 2.39. The van der Waals surface area contributed by atoms with Crippen molar-refractivity contribution in [2.24, 2.45) is 0 Å². The molecule has 1 aliphatic heterocycles. The lowest BCUT2D eigenvalue weighted by molar-refractivity contribution is 0.264. The van der Waals surface area contributed by atoms with Crippen molar-refractivity contribution in [2.75, 3.05) is 0 Å². The van der Waals surface area contributed by atoms with Gasteiger partial charge in [-0.25, -0.2) is 4.98 Å². The van der Waals surface area contributed by atoms with Gasteiger partial charge in [-0.3, -0.25) is 0 Å². The fourth-order valence-corrected chi connectivity index (χ4v) is 3.02. The van der Waals surface area contributed by atoms with Crippen molar-refractivity contribution in [3.8, 4) is 6.07 Å². The molecule has 1 unspecified atom stereocenters. The van der Waals surface area contributed by atoms with Gasteiger partial charge in [-0.1, -0.05) is 6.92 Å². The molecule has 1 aromatic carbocycles. The number of imidazole rings is 1. The molecule has 0 spiro atoms. The standard InChI is InChI=1S/C14H15N3O/c1-8-3-4-17-12(7-18)16-11-5-10(6-15)9(2)13(8)14(11)17/h5,8,18H,3-4,7H2,1-2H3. The van der Waals surface area contributed by atoms with E-state index >= 15 is 0 Å². The van der Waals surface area contributed by atoms with Crippen molar-refractivity contribution in [2.45, 2.75) is 39.3 Å². The second kappa shape index (κ2) is 3.82. The van der Waals surface area contributed by atoms with E-state index < -0.39 is 0 Å². The SMILES string of the molecule is Cc1c(C#N)cc2nc(CO)n3c2c1C(C)CC3. The molecule has 1 aliphatic rings. The summed E-state index contributed by atoms with van der Waals surface area (Å²) in [6.07, 6.45) is 1.03. The highest BCUT2D eigenvalue weighted by Crippen LogP contribution is 2.37. The summed E-state index contributed by atoms with van der Waals surface area (Å²) in [5.41, 5.74) is 4.92. The van der Waals surface area contributed by atoms with Gasteiger partial charge in [0, 0.05) is 6.54 Å². The van der Waals surface area contributed by atoms with Crippen LogP contribution < -0.4 is 0 Å². The predicted molar refractivity (Wildman–Crippen MR) is 68.1 cm³/mol. The third kappa shape index (κ3) is 1.31. The third-order valence-corrected chi connectivity index (χ3v) is 3.96. The number of nitrogens with zero attached hydrogens (tertiary/aromatic N) is 3. The summed E-state index contributed by atoms with van der Waals surface area (Å²) in [7, 11) is 0. The molecule has 0 saturated carbocycles. The minimum atomic E-state index is -0.0521. The molecule has 2 aromatic rings. The summed E-state index contributed by atoms with van der Waals surface area (Å²) in [5, 5.41) is 18.6. The molecule has 0 saturated heterocycles. The van der Waals surface area contributed by atoms with Crippen LogP contribution in [0.3, 0.4) is 0 Å². The van der Waals surface area contributed by atoms with Gasteiger partial charge in [-0.15, -0.1) is 0 Å². The monoisotopic (exact) mass is 241 g/mol. The Hall–Kier alpha value is -1.86. The smallest absolute Gasteiger partial charge is 0.135 e. The first-order valence-corrected chi connectivity index (χ1v) is 6.21. The number of hydrogen-bond donors (Lipinski definition) is 1. The molecule has 4 heteroatoms. The van der Waals surface area contributed by atoms with Crippen LogP contribution in [0.5, 0.6) is 0 Å². The molecule has 1 atom stereocenters. The molecule has 0 amide bonds. The molecule has 4 nitrogen and oxygen atoms in total.